The topological polar surface area (TPSA) is 214 Å². The van der Waals surface area contributed by atoms with E-state index in [1.807, 2.05) is 0 Å². The Morgan fingerprint density at radius 1 is 1.00 bits per heavy atom. The SMILES string of the molecule is CC(C)C(NC(=O)C(N)CO)C(=O)NC(CCC(N)=O)C(=O)NCC(=O)O. The normalized spacial score (nSPS) is 14.0. The summed E-state index contributed by atoms with van der Waals surface area (Å²) in [7, 11) is 0. The van der Waals surface area contributed by atoms with Crippen molar-refractivity contribution < 1.29 is 34.2 Å². The average Bonchev–Trinajstić information content (AvgIpc) is 2.59. The van der Waals surface area contributed by atoms with Gasteiger partial charge in [0.2, 0.25) is 23.6 Å². The second-order valence-corrected chi connectivity index (χ2v) is 6.20. The number of carboxylic acids is 1. The number of aliphatic hydroxyl groups is 1. The van der Waals surface area contributed by atoms with E-state index < -0.39 is 66.8 Å². The Labute approximate surface area is 156 Å². The van der Waals surface area contributed by atoms with Crippen LogP contribution in [0.3, 0.4) is 0 Å². The maximum Gasteiger partial charge on any atom is 0.322 e. The fourth-order valence-electron chi connectivity index (χ4n) is 1.98. The molecule has 0 aromatic heterocycles. The lowest BCUT2D eigenvalue weighted by Gasteiger charge is -2.25. The number of nitrogens with one attached hydrogen (secondary N) is 3. The highest BCUT2D eigenvalue weighted by Crippen LogP contribution is 2.05. The zero-order valence-electron chi connectivity index (χ0n) is 15.2. The van der Waals surface area contributed by atoms with Gasteiger partial charge in [-0.1, -0.05) is 13.8 Å². The van der Waals surface area contributed by atoms with Crippen LogP contribution in [0.2, 0.25) is 0 Å². The molecule has 0 saturated carbocycles. The summed E-state index contributed by atoms with van der Waals surface area (Å²) < 4.78 is 0. The molecule has 0 saturated heterocycles. The Kier molecular flexibility index (Phi) is 10.6. The molecule has 0 aliphatic rings. The van der Waals surface area contributed by atoms with E-state index in [0.29, 0.717) is 0 Å². The van der Waals surface area contributed by atoms with Crippen molar-refractivity contribution in [3.05, 3.63) is 0 Å². The van der Waals surface area contributed by atoms with Gasteiger partial charge in [0.25, 0.3) is 0 Å². The highest BCUT2D eigenvalue weighted by molar-refractivity contribution is 5.94. The van der Waals surface area contributed by atoms with Gasteiger partial charge >= 0.3 is 5.97 Å². The van der Waals surface area contributed by atoms with Gasteiger partial charge in [0.15, 0.2) is 0 Å². The Bertz CT molecular complexity index is 567. The summed E-state index contributed by atoms with van der Waals surface area (Å²) in [4.78, 5) is 57.9. The molecule has 0 heterocycles. The van der Waals surface area contributed by atoms with Crippen molar-refractivity contribution in [1.29, 1.82) is 0 Å². The zero-order chi connectivity index (χ0) is 21.1. The predicted octanol–water partition coefficient (Wildman–Crippen LogP) is -3.60. The largest absolute Gasteiger partial charge is 0.480 e. The number of carbonyl (C=O) groups is 5. The van der Waals surface area contributed by atoms with Crippen LogP contribution in [-0.2, 0) is 24.0 Å². The first-order valence-electron chi connectivity index (χ1n) is 8.24. The van der Waals surface area contributed by atoms with Crippen molar-refractivity contribution in [2.24, 2.45) is 17.4 Å². The first-order chi connectivity index (χ1) is 12.5. The van der Waals surface area contributed by atoms with Crippen LogP contribution in [0.25, 0.3) is 0 Å². The molecule has 0 aromatic rings. The molecular formula is C15H27N5O7. The first kappa shape index (κ1) is 24.3. The van der Waals surface area contributed by atoms with Crippen molar-refractivity contribution in [3.8, 4) is 0 Å². The Morgan fingerprint density at radius 3 is 2.04 bits per heavy atom. The van der Waals surface area contributed by atoms with E-state index in [9.17, 15) is 24.0 Å². The Morgan fingerprint density at radius 2 is 1.59 bits per heavy atom. The van der Waals surface area contributed by atoms with Crippen LogP contribution < -0.4 is 27.4 Å². The minimum Gasteiger partial charge on any atom is -0.480 e. The number of hydrogen-bond acceptors (Lipinski definition) is 7. The monoisotopic (exact) mass is 389 g/mol. The van der Waals surface area contributed by atoms with Crippen LogP contribution in [0.5, 0.6) is 0 Å². The molecule has 0 rings (SSSR count). The van der Waals surface area contributed by atoms with Gasteiger partial charge in [-0.3, -0.25) is 24.0 Å². The van der Waals surface area contributed by atoms with Gasteiger partial charge in [0.1, 0.15) is 24.7 Å². The van der Waals surface area contributed by atoms with E-state index in [0.717, 1.165) is 0 Å². The third-order valence-electron chi connectivity index (χ3n) is 3.51. The Balaban J connectivity index is 5.17. The predicted molar refractivity (Wildman–Crippen MR) is 92.8 cm³/mol. The molecule has 3 unspecified atom stereocenters. The lowest BCUT2D eigenvalue weighted by atomic mass is 10.0. The number of aliphatic carboxylic acids is 1. The molecule has 0 aromatic carbocycles. The van der Waals surface area contributed by atoms with Crippen molar-refractivity contribution in [3.63, 3.8) is 0 Å². The minimum atomic E-state index is -1.28. The smallest absolute Gasteiger partial charge is 0.322 e. The molecule has 0 radical (unpaired) electrons. The molecule has 4 amide bonds. The van der Waals surface area contributed by atoms with E-state index in [2.05, 4.69) is 16.0 Å². The standard InChI is InChI=1S/C15H27N5O7/c1-7(2)12(20-13(25)8(16)6-21)15(27)19-9(3-4-10(17)22)14(26)18-5-11(23)24/h7-9,12,21H,3-6,16H2,1-2H3,(H2,17,22)(H,18,26)(H,19,27)(H,20,25)(H,23,24). The molecule has 12 heteroatoms. The molecule has 12 nitrogen and oxygen atoms in total. The number of aliphatic hydroxyl groups excluding tert-OH is 1. The van der Waals surface area contributed by atoms with Crippen molar-refractivity contribution in [1.82, 2.24) is 16.0 Å². The van der Waals surface area contributed by atoms with Crippen LogP contribution in [0.15, 0.2) is 0 Å². The number of carbonyl (C=O) groups excluding carboxylic acids is 4. The fraction of sp³-hybridized carbons (Fsp3) is 0.667. The summed E-state index contributed by atoms with van der Waals surface area (Å²) in [6, 6.07) is -3.52. The molecule has 3 atom stereocenters. The van der Waals surface area contributed by atoms with Crippen LogP contribution in [0.4, 0.5) is 0 Å². The van der Waals surface area contributed by atoms with Crippen LogP contribution in [0, 0.1) is 5.92 Å². The van der Waals surface area contributed by atoms with Gasteiger partial charge in [-0.25, -0.2) is 0 Å². The van der Waals surface area contributed by atoms with Gasteiger partial charge in [0, 0.05) is 6.42 Å². The second-order valence-electron chi connectivity index (χ2n) is 6.20. The van der Waals surface area contributed by atoms with Gasteiger partial charge in [-0.05, 0) is 12.3 Å². The molecule has 0 fully saturated rings. The zero-order valence-corrected chi connectivity index (χ0v) is 15.2. The summed E-state index contributed by atoms with van der Waals surface area (Å²) >= 11 is 0. The molecule has 27 heavy (non-hydrogen) atoms. The summed E-state index contributed by atoms with van der Waals surface area (Å²) in [5, 5.41) is 24.4. The number of carboxylic acid groups (broad SMARTS) is 1. The quantitative estimate of drug-likeness (QED) is 0.176. The number of amides is 4. The summed E-state index contributed by atoms with van der Waals surface area (Å²) in [6.45, 7) is 1.99. The summed E-state index contributed by atoms with van der Waals surface area (Å²) in [6.07, 6.45) is -0.374. The van der Waals surface area contributed by atoms with Gasteiger partial charge < -0.3 is 37.6 Å². The van der Waals surface area contributed by atoms with E-state index in [-0.39, 0.29) is 12.8 Å². The third kappa shape index (κ3) is 9.51. The van der Waals surface area contributed by atoms with E-state index in [1.54, 1.807) is 13.8 Å². The minimum absolute atomic E-state index is 0.151. The lowest BCUT2D eigenvalue weighted by molar-refractivity contribution is -0.139. The van der Waals surface area contributed by atoms with Crippen LogP contribution >= 0.6 is 0 Å². The molecule has 0 bridgehead atoms. The van der Waals surface area contributed by atoms with Gasteiger partial charge in [0.05, 0.1) is 6.61 Å². The second kappa shape index (κ2) is 11.8. The summed E-state index contributed by atoms with van der Waals surface area (Å²) in [5.74, 6) is -4.68. The number of rotatable bonds is 12. The van der Waals surface area contributed by atoms with Crippen molar-refractivity contribution in [2.45, 2.75) is 44.8 Å². The van der Waals surface area contributed by atoms with E-state index >= 15 is 0 Å². The lowest BCUT2D eigenvalue weighted by Crippen LogP contribution is -2.58. The fourth-order valence-corrected chi connectivity index (χ4v) is 1.98. The van der Waals surface area contributed by atoms with E-state index in [4.69, 9.17) is 21.7 Å². The van der Waals surface area contributed by atoms with Gasteiger partial charge in [-0.15, -0.1) is 0 Å². The highest BCUT2D eigenvalue weighted by atomic mass is 16.4. The maximum atomic E-state index is 12.5. The van der Waals surface area contributed by atoms with Crippen LogP contribution in [-0.4, -0.2) is 71.1 Å². The molecule has 0 spiro atoms. The molecule has 9 N–H and O–H groups in total. The number of nitrogens with two attached hydrogens (primary N) is 2. The number of primary amides is 1. The molecule has 154 valence electrons. The third-order valence-corrected chi connectivity index (χ3v) is 3.51. The maximum absolute atomic E-state index is 12.5. The van der Waals surface area contributed by atoms with E-state index in [1.165, 1.54) is 0 Å². The summed E-state index contributed by atoms with van der Waals surface area (Å²) in [5.41, 5.74) is 10.4. The average molecular weight is 389 g/mol. The van der Waals surface area contributed by atoms with Gasteiger partial charge in [-0.2, -0.15) is 0 Å². The van der Waals surface area contributed by atoms with Crippen molar-refractivity contribution in [2.75, 3.05) is 13.2 Å². The molecule has 0 aliphatic carbocycles. The molecular weight excluding hydrogens is 362 g/mol. The highest BCUT2D eigenvalue weighted by Gasteiger charge is 2.30. The van der Waals surface area contributed by atoms with Crippen LogP contribution in [0.1, 0.15) is 26.7 Å². The first-order valence-corrected chi connectivity index (χ1v) is 8.24. The number of hydrogen-bond donors (Lipinski definition) is 7. The Hall–Kier alpha value is -2.73. The van der Waals surface area contributed by atoms with Crippen molar-refractivity contribution >= 4 is 29.6 Å². The molecule has 0 aliphatic heterocycles.